The molecule has 1 amide bonds. The van der Waals surface area contributed by atoms with Crippen LogP contribution in [0.5, 0.6) is 0 Å². The van der Waals surface area contributed by atoms with Crippen LogP contribution in [0.2, 0.25) is 0 Å². The van der Waals surface area contributed by atoms with E-state index in [9.17, 15) is 4.79 Å². The zero-order chi connectivity index (χ0) is 16.4. The van der Waals surface area contributed by atoms with Gasteiger partial charge in [-0.2, -0.15) is 0 Å². The molecule has 1 atom stereocenters. The summed E-state index contributed by atoms with van der Waals surface area (Å²) in [6, 6.07) is 9.98. The Morgan fingerprint density at radius 3 is 2.59 bits per heavy atom. The summed E-state index contributed by atoms with van der Waals surface area (Å²) < 4.78 is 10.7. The van der Waals surface area contributed by atoms with Crippen molar-refractivity contribution in [2.24, 2.45) is 5.73 Å². The summed E-state index contributed by atoms with van der Waals surface area (Å²) in [5.74, 6) is 0. The van der Waals surface area contributed by atoms with Gasteiger partial charge in [0.05, 0.1) is 13.2 Å². The Morgan fingerprint density at radius 2 is 1.95 bits per heavy atom. The third-order valence-corrected chi connectivity index (χ3v) is 2.86. The van der Waals surface area contributed by atoms with E-state index in [-0.39, 0.29) is 12.1 Å². The van der Waals surface area contributed by atoms with Crippen molar-refractivity contribution in [3.63, 3.8) is 0 Å². The van der Waals surface area contributed by atoms with Crippen molar-refractivity contribution in [2.75, 3.05) is 13.2 Å². The molecule has 22 heavy (non-hydrogen) atoms. The van der Waals surface area contributed by atoms with E-state index in [1.54, 1.807) is 0 Å². The molecular formula is C17H28N2O3. The Balaban J connectivity index is 2.04. The van der Waals surface area contributed by atoms with E-state index >= 15 is 0 Å². The third kappa shape index (κ3) is 9.37. The maximum atomic E-state index is 11.4. The van der Waals surface area contributed by atoms with Gasteiger partial charge in [-0.05, 0) is 39.2 Å². The number of hydrogen-bond acceptors (Lipinski definition) is 4. The van der Waals surface area contributed by atoms with E-state index in [0.717, 1.165) is 18.4 Å². The van der Waals surface area contributed by atoms with Crippen molar-refractivity contribution in [1.29, 1.82) is 0 Å². The quantitative estimate of drug-likeness (QED) is 0.724. The molecule has 0 heterocycles. The van der Waals surface area contributed by atoms with Gasteiger partial charge >= 0.3 is 6.09 Å². The number of carbonyl (C=O) groups excluding carboxylic acids is 1. The molecule has 5 nitrogen and oxygen atoms in total. The van der Waals surface area contributed by atoms with Crippen LogP contribution in [0, 0.1) is 0 Å². The molecule has 0 aliphatic carbocycles. The summed E-state index contributed by atoms with van der Waals surface area (Å²) in [5.41, 5.74) is 6.66. The Morgan fingerprint density at radius 1 is 1.27 bits per heavy atom. The van der Waals surface area contributed by atoms with E-state index < -0.39 is 5.60 Å². The van der Waals surface area contributed by atoms with Gasteiger partial charge in [-0.3, -0.25) is 0 Å². The number of nitrogens with two attached hydrogens (primary N) is 1. The fourth-order valence-corrected chi connectivity index (χ4v) is 1.85. The molecule has 0 aromatic heterocycles. The zero-order valence-electron chi connectivity index (χ0n) is 13.8. The van der Waals surface area contributed by atoms with Crippen molar-refractivity contribution in [1.82, 2.24) is 5.32 Å². The minimum absolute atomic E-state index is 0.0239. The molecule has 0 radical (unpaired) electrons. The first-order valence-electron chi connectivity index (χ1n) is 7.71. The maximum Gasteiger partial charge on any atom is 0.407 e. The molecule has 0 aliphatic heterocycles. The van der Waals surface area contributed by atoms with Crippen LogP contribution in [0.4, 0.5) is 4.79 Å². The van der Waals surface area contributed by atoms with Gasteiger partial charge in [-0.15, -0.1) is 0 Å². The number of ether oxygens (including phenoxy) is 2. The molecule has 0 aliphatic rings. The van der Waals surface area contributed by atoms with Gasteiger partial charge < -0.3 is 20.5 Å². The molecule has 1 aromatic rings. The highest BCUT2D eigenvalue weighted by atomic mass is 16.6. The lowest BCUT2D eigenvalue weighted by Crippen LogP contribution is -2.34. The Hall–Kier alpha value is -1.59. The molecule has 124 valence electrons. The number of benzene rings is 1. The smallest absolute Gasteiger partial charge is 0.407 e. The van der Waals surface area contributed by atoms with Crippen molar-refractivity contribution in [3.05, 3.63) is 35.9 Å². The maximum absolute atomic E-state index is 11.4. The molecule has 0 saturated heterocycles. The Bertz CT molecular complexity index is 429. The van der Waals surface area contributed by atoms with Crippen LogP contribution in [0.25, 0.3) is 0 Å². The second kappa shape index (κ2) is 9.43. The second-order valence-corrected chi connectivity index (χ2v) is 6.33. The Labute approximate surface area is 133 Å². The van der Waals surface area contributed by atoms with Crippen LogP contribution in [0.1, 0.15) is 39.2 Å². The molecule has 0 unspecified atom stereocenters. The van der Waals surface area contributed by atoms with Gasteiger partial charge in [0.25, 0.3) is 0 Å². The number of alkyl carbamates (subject to hydrolysis) is 1. The highest BCUT2D eigenvalue weighted by molar-refractivity contribution is 5.67. The van der Waals surface area contributed by atoms with E-state index in [1.807, 2.05) is 51.1 Å². The minimum atomic E-state index is -0.467. The van der Waals surface area contributed by atoms with Gasteiger partial charge in [0.1, 0.15) is 5.60 Å². The highest BCUT2D eigenvalue weighted by Crippen LogP contribution is 2.06. The van der Waals surface area contributed by atoms with E-state index in [4.69, 9.17) is 15.2 Å². The fourth-order valence-electron chi connectivity index (χ4n) is 1.85. The fraction of sp³-hybridized carbons (Fsp3) is 0.588. The molecule has 0 bridgehead atoms. The Kier molecular flexibility index (Phi) is 7.91. The number of amides is 1. The van der Waals surface area contributed by atoms with Crippen LogP contribution in [-0.4, -0.2) is 30.9 Å². The molecule has 0 spiro atoms. The lowest BCUT2D eigenvalue weighted by Gasteiger charge is -2.19. The van der Waals surface area contributed by atoms with Gasteiger partial charge in [0, 0.05) is 12.6 Å². The molecule has 1 rings (SSSR count). The first kappa shape index (κ1) is 18.5. The van der Waals surface area contributed by atoms with Crippen molar-refractivity contribution >= 4 is 6.09 Å². The third-order valence-electron chi connectivity index (χ3n) is 2.86. The molecular weight excluding hydrogens is 280 g/mol. The molecule has 5 heteroatoms. The first-order valence-corrected chi connectivity index (χ1v) is 7.71. The molecule has 0 saturated carbocycles. The highest BCUT2D eigenvalue weighted by Gasteiger charge is 2.15. The monoisotopic (exact) mass is 308 g/mol. The van der Waals surface area contributed by atoms with Crippen LogP contribution in [0.15, 0.2) is 30.3 Å². The summed E-state index contributed by atoms with van der Waals surface area (Å²) >= 11 is 0. The SMILES string of the molecule is CC(C)(C)OC(=O)NCCC[C@H](N)COCc1ccccc1. The average Bonchev–Trinajstić information content (AvgIpc) is 2.43. The van der Waals surface area contributed by atoms with Crippen molar-refractivity contribution in [3.8, 4) is 0 Å². The topological polar surface area (TPSA) is 73.6 Å². The number of rotatable bonds is 8. The van der Waals surface area contributed by atoms with Crippen LogP contribution in [0.3, 0.4) is 0 Å². The summed E-state index contributed by atoms with van der Waals surface area (Å²) in [6.45, 7) is 7.17. The predicted molar refractivity (Wildman–Crippen MR) is 87.5 cm³/mol. The molecule has 1 aromatic carbocycles. The normalized spacial score (nSPS) is 12.7. The van der Waals surface area contributed by atoms with Gasteiger partial charge in [-0.1, -0.05) is 30.3 Å². The van der Waals surface area contributed by atoms with Crippen molar-refractivity contribution in [2.45, 2.75) is 51.9 Å². The molecule has 0 fully saturated rings. The second-order valence-electron chi connectivity index (χ2n) is 6.33. The van der Waals surface area contributed by atoms with Gasteiger partial charge in [0.15, 0.2) is 0 Å². The lowest BCUT2D eigenvalue weighted by molar-refractivity contribution is 0.0525. The van der Waals surface area contributed by atoms with Crippen molar-refractivity contribution < 1.29 is 14.3 Å². The lowest BCUT2D eigenvalue weighted by atomic mass is 10.2. The average molecular weight is 308 g/mol. The molecule has 3 N–H and O–H groups in total. The van der Waals surface area contributed by atoms with Crippen LogP contribution >= 0.6 is 0 Å². The largest absolute Gasteiger partial charge is 0.444 e. The number of nitrogens with one attached hydrogen (secondary N) is 1. The van der Waals surface area contributed by atoms with Crippen LogP contribution < -0.4 is 11.1 Å². The summed E-state index contributed by atoms with van der Waals surface area (Å²) in [6.07, 6.45) is 1.21. The van der Waals surface area contributed by atoms with E-state index in [0.29, 0.717) is 19.8 Å². The minimum Gasteiger partial charge on any atom is -0.444 e. The summed E-state index contributed by atoms with van der Waals surface area (Å²) in [7, 11) is 0. The summed E-state index contributed by atoms with van der Waals surface area (Å²) in [5, 5.41) is 2.72. The summed E-state index contributed by atoms with van der Waals surface area (Å²) in [4.78, 5) is 11.4. The van der Waals surface area contributed by atoms with E-state index in [1.165, 1.54) is 0 Å². The standard InChI is InChI=1S/C17H28N2O3/c1-17(2,3)22-16(20)19-11-7-10-15(18)13-21-12-14-8-5-4-6-9-14/h4-6,8-9,15H,7,10-13,18H2,1-3H3,(H,19,20)/t15-/m0/s1. The van der Waals surface area contributed by atoms with Crippen LogP contribution in [-0.2, 0) is 16.1 Å². The first-order chi connectivity index (χ1) is 10.4. The van der Waals surface area contributed by atoms with Gasteiger partial charge in [-0.25, -0.2) is 4.79 Å². The predicted octanol–water partition coefficient (Wildman–Crippen LogP) is 2.84. The number of hydrogen-bond donors (Lipinski definition) is 2. The number of carbonyl (C=O) groups is 1. The zero-order valence-corrected chi connectivity index (χ0v) is 13.8. The van der Waals surface area contributed by atoms with E-state index in [2.05, 4.69) is 5.32 Å². The van der Waals surface area contributed by atoms with Gasteiger partial charge in [0.2, 0.25) is 0 Å².